The summed E-state index contributed by atoms with van der Waals surface area (Å²) in [5.41, 5.74) is 6.87. The number of rotatable bonds is 4. The van der Waals surface area contributed by atoms with Gasteiger partial charge in [0.2, 0.25) is 0 Å². The van der Waals surface area contributed by atoms with Gasteiger partial charge in [-0.15, -0.1) is 0 Å². The maximum Gasteiger partial charge on any atom is 0.0981 e. The largest absolute Gasteiger partial charge is 0.391 e. The SMILES string of the molecule is CC/C(=C\C=C(/N)N(C)C)NC. The molecule has 0 saturated heterocycles. The van der Waals surface area contributed by atoms with Gasteiger partial charge in [0.05, 0.1) is 5.82 Å². The first kappa shape index (κ1) is 10.9. The van der Waals surface area contributed by atoms with Gasteiger partial charge >= 0.3 is 0 Å². The lowest BCUT2D eigenvalue weighted by Gasteiger charge is -2.11. The predicted molar refractivity (Wildman–Crippen MR) is 53.4 cm³/mol. The van der Waals surface area contributed by atoms with Crippen LogP contribution in [0, 0.1) is 0 Å². The first-order valence-corrected chi connectivity index (χ1v) is 4.13. The van der Waals surface area contributed by atoms with Crippen LogP contribution in [-0.4, -0.2) is 26.0 Å². The molecule has 0 heterocycles. The third-order valence-electron chi connectivity index (χ3n) is 1.67. The molecular weight excluding hydrogens is 150 g/mol. The summed E-state index contributed by atoms with van der Waals surface area (Å²) < 4.78 is 0. The summed E-state index contributed by atoms with van der Waals surface area (Å²) in [6.45, 7) is 2.10. The van der Waals surface area contributed by atoms with Gasteiger partial charge in [-0.2, -0.15) is 0 Å². The monoisotopic (exact) mass is 169 g/mol. The normalized spacial score (nSPS) is 13.0. The smallest absolute Gasteiger partial charge is 0.0981 e. The Labute approximate surface area is 74.9 Å². The number of nitrogens with one attached hydrogen (secondary N) is 1. The van der Waals surface area contributed by atoms with Crippen LogP contribution in [0.3, 0.4) is 0 Å². The second-order valence-electron chi connectivity index (χ2n) is 2.78. The van der Waals surface area contributed by atoms with E-state index in [1.54, 1.807) is 0 Å². The van der Waals surface area contributed by atoms with Crippen molar-refractivity contribution in [1.29, 1.82) is 0 Å². The van der Waals surface area contributed by atoms with Crippen molar-refractivity contribution in [1.82, 2.24) is 10.2 Å². The highest BCUT2D eigenvalue weighted by atomic mass is 15.1. The molecule has 0 aromatic carbocycles. The quantitative estimate of drug-likeness (QED) is 0.613. The predicted octanol–water partition coefficient (Wildman–Crippen LogP) is 0.861. The zero-order chi connectivity index (χ0) is 9.56. The summed E-state index contributed by atoms with van der Waals surface area (Å²) in [4.78, 5) is 1.87. The number of nitrogens with two attached hydrogens (primary N) is 1. The highest BCUT2D eigenvalue weighted by molar-refractivity contribution is 5.13. The molecule has 0 spiro atoms. The lowest BCUT2D eigenvalue weighted by atomic mass is 10.3. The first-order valence-electron chi connectivity index (χ1n) is 4.13. The average molecular weight is 169 g/mol. The maximum atomic E-state index is 5.69. The Morgan fingerprint density at radius 1 is 1.42 bits per heavy atom. The molecular formula is C9H19N3. The van der Waals surface area contributed by atoms with Gasteiger partial charge in [0.1, 0.15) is 0 Å². The van der Waals surface area contributed by atoms with Gasteiger partial charge in [-0.25, -0.2) is 0 Å². The van der Waals surface area contributed by atoms with Crippen LogP contribution in [0.25, 0.3) is 0 Å². The Morgan fingerprint density at radius 3 is 2.33 bits per heavy atom. The third kappa shape index (κ3) is 3.91. The van der Waals surface area contributed by atoms with Gasteiger partial charge in [0.25, 0.3) is 0 Å². The molecule has 0 unspecified atom stereocenters. The van der Waals surface area contributed by atoms with E-state index in [9.17, 15) is 0 Å². The molecule has 0 aromatic heterocycles. The molecule has 0 saturated carbocycles. The molecule has 0 aliphatic heterocycles. The molecule has 0 aliphatic carbocycles. The van der Waals surface area contributed by atoms with E-state index < -0.39 is 0 Å². The van der Waals surface area contributed by atoms with Crippen LogP contribution in [0.15, 0.2) is 23.7 Å². The van der Waals surface area contributed by atoms with Gasteiger partial charge in [0.15, 0.2) is 0 Å². The fourth-order valence-corrected chi connectivity index (χ4v) is 0.713. The Balaban J connectivity index is 4.24. The molecule has 12 heavy (non-hydrogen) atoms. The van der Waals surface area contributed by atoms with Crippen LogP contribution < -0.4 is 11.1 Å². The number of hydrogen-bond acceptors (Lipinski definition) is 3. The van der Waals surface area contributed by atoms with Crippen LogP contribution in [0.4, 0.5) is 0 Å². The Morgan fingerprint density at radius 2 is 2.00 bits per heavy atom. The molecule has 0 rings (SSSR count). The molecule has 0 aliphatic rings. The molecule has 3 heteroatoms. The molecule has 0 aromatic rings. The summed E-state index contributed by atoms with van der Waals surface area (Å²) in [5, 5.41) is 3.09. The van der Waals surface area contributed by atoms with E-state index in [1.165, 1.54) is 5.70 Å². The van der Waals surface area contributed by atoms with Gasteiger partial charge in [0, 0.05) is 26.8 Å². The molecule has 70 valence electrons. The van der Waals surface area contributed by atoms with Crippen molar-refractivity contribution >= 4 is 0 Å². The highest BCUT2D eigenvalue weighted by Crippen LogP contribution is 1.96. The minimum absolute atomic E-state index is 0.760. The van der Waals surface area contributed by atoms with Crippen molar-refractivity contribution in [2.45, 2.75) is 13.3 Å². The summed E-state index contributed by atoms with van der Waals surface area (Å²) in [5.74, 6) is 0.760. The van der Waals surface area contributed by atoms with E-state index in [0.29, 0.717) is 0 Å². The van der Waals surface area contributed by atoms with Crippen molar-refractivity contribution < 1.29 is 0 Å². The van der Waals surface area contributed by atoms with E-state index >= 15 is 0 Å². The van der Waals surface area contributed by atoms with E-state index in [0.717, 1.165) is 12.2 Å². The lowest BCUT2D eigenvalue weighted by Crippen LogP contribution is -2.18. The first-order chi connectivity index (χ1) is 5.61. The van der Waals surface area contributed by atoms with E-state index in [2.05, 4.69) is 12.2 Å². The number of hydrogen-bond donors (Lipinski definition) is 2. The summed E-state index contributed by atoms with van der Waals surface area (Å²) in [6.07, 6.45) is 4.89. The second kappa shape index (κ2) is 5.52. The van der Waals surface area contributed by atoms with Crippen molar-refractivity contribution in [3.05, 3.63) is 23.7 Å². The topological polar surface area (TPSA) is 41.3 Å². The van der Waals surface area contributed by atoms with Crippen molar-refractivity contribution in [2.75, 3.05) is 21.1 Å². The fourth-order valence-electron chi connectivity index (χ4n) is 0.713. The van der Waals surface area contributed by atoms with Gasteiger partial charge in [-0.1, -0.05) is 6.92 Å². The summed E-state index contributed by atoms with van der Waals surface area (Å²) in [6, 6.07) is 0. The molecule has 0 amide bonds. The van der Waals surface area contributed by atoms with Gasteiger partial charge < -0.3 is 16.0 Å². The lowest BCUT2D eigenvalue weighted by molar-refractivity contribution is 0.506. The summed E-state index contributed by atoms with van der Waals surface area (Å²) in [7, 11) is 5.75. The van der Waals surface area contributed by atoms with Crippen LogP contribution in [-0.2, 0) is 0 Å². The van der Waals surface area contributed by atoms with Crippen molar-refractivity contribution in [3.63, 3.8) is 0 Å². The van der Waals surface area contributed by atoms with Crippen LogP contribution >= 0.6 is 0 Å². The molecule has 0 atom stereocenters. The highest BCUT2D eigenvalue weighted by Gasteiger charge is 1.90. The zero-order valence-electron chi connectivity index (χ0n) is 8.39. The molecule has 0 fully saturated rings. The summed E-state index contributed by atoms with van der Waals surface area (Å²) >= 11 is 0. The van der Waals surface area contributed by atoms with E-state index in [-0.39, 0.29) is 0 Å². The number of allylic oxidation sites excluding steroid dienone is 3. The Bertz CT molecular complexity index is 168. The molecule has 0 bridgehead atoms. The molecule has 3 N–H and O–H groups in total. The Hall–Kier alpha value is -1.12. The van der Waals surface area contributed by atoms with Crippen molar-refractivity contribution in [3.8, 4) is 0 Å². The molecule has 3 nitrogen and oxygen atoms in total. The minimum Gasteiger partial charge on any atom is -0.391 e. The minimum atomic E-state index is 0.760. The molecule has 0 radical (unpaired) electrons. The van der Waals surface area contributed by atoms with Gasteiger partial charge in [-0.05, 0) is 18.6 Å². The van der Waals surface area contributed by atoms with Crippen LogP contribution in [0.2, 0.25) is 0 Å². The third-order valence-corrected chi connectivity index (χ3v) is 1.67. The maximum absolute atomic E-state index is 5.69. The van der Waals surface area contributed by atoms with Crippen LogP contribution in [0.5, 0.6) is 0 Å². The second-order valence-corrected chi connectivity index (χ2v) is 2.78. The Kier molecular flexibility index (Phi) is 5.00. The standard InChI is InChI=1S/C9H19N3/c1-5-8(11-2)6-7-9(10)12(3)4/h6-7,11H,5,10H2,1-4H3/b8-6+,9-7+. The van der Waals surface area contributed by atoms with Crippen molar-refractivity contribution in [2.24, 2.45) is 5.73 Å². The van der Waals surface area contributed by atoms with Crippen LogP contribution in [0.1, 0.15) is 13.3 Å². The van der Waals surface area contributed by atoms with E-state index in [4.69, 9.17) is 5.73 Å². The van der Waals surface area contributed by atoms with E-state index in [1.807, 2.05) is 38.2 Å². The van der Waals surface area contributed by atoms with Gasteiger partial charge in [-0.3, -0.25) is 0 Å². The fraction of sp³-hybridized carbons (Fsp3) is 0.556. The zero-order valence-corrected chi connectivity index (χ0v) is 8.39. The average Bonchev–Trinajstić information content (AvgIpc) is 2.05. The number of nitrogens with zero attached hydrogens (tertiary/aromatic N) is 1.